The van der Waals surface area contributed by atoms with Gasteiger partial charge in [0.2, 0.25) is 0 Å². The van der Waals surface area contributed by atoms with Crippen molar-refractivity contribution in [3.63, 3.8) is 0 Å². The van der Waals surface area contributed by atoms with Crippen molar-refractivity contribution in [1.29, 1.82) is 0 Å². The van der Waals surface area contributed by atoms with E-state index < -0.39 is 5.97 Å². The van der Waals surface area contributed by atoms with E-state index in [0.29, 0.717) is 11.8 Å². The third-order valence-electron chi connectivity index (χ3n) is 8.94. The first-order valence-electron chi connectivity index (χ1n) is 16.7. The second kappa shape index (κ2) is 27.5. The molecule has 2 unspecified atom stereocenters. The predicted molar refractivity (Wildman–Crippen MR) is 192 cm³/mol. The molecule has 1 aromatic heterocycles. The number of carboxylic acids is 1. The van der Waals surface area contributed by atoms with E-state index in [0.717, 1.165) is 32.6 Å². The van der Waals surface area contributed by atoms with Gasteiger partial charge in [0, 0.05) is 12.1 Å². The molecule has 268 valence electrons. The van der Waals surface area contributed by atoms with Crippen LogP contribution in [0.5, 0.6) is 0 Å². The minimum absolute atomic E-state index is 0. The molecule has 47 heavy (non-hydrogen) atoms. The zero-order chi connectivity index (χ0) is 32.8. The summed E-state index contributed by atoms with van der Waals surface area (Å²) in [6.45, 7) is 21.7. The van der Waals surface area contributed by atoms with Crippen molar-refractivity contribution in [2.75, 3.05) is 39.9 Å². The molecule has 7 heteroatoms. The molecule has 2 fully saturated rings. The highest BCUT2D eigenvalue weighted by Gasteiger charge is 2.44. The van der Waals surface area contributed by atoms with E-state index in [1.54, 1.807) is 6.92 Å². The second-order valence-electron chi connectivity index (χ2n) is 12.5. The number of pyridine rings is 1. The molecule has 1 saturated carbocycles. The number of quaternary nitrogens is 1. The first-order valence-corrected chi connectivity index (χ1v) is 16.7. The van der Waals surface area contributed by atoms with Gasteiger partial charge >= 0.3 is 5.97 Å². The molecule has 2 atom stereocenters. The largest absolute Gasteiger partial charge is 1.00 e. The monoisotopic (exact) mass is 692 g/mol. The molecule has 3 aromatic rings. The number of nitrogens with zero attached hydrogens (tertiary/aromatic N) is 2. The molecule has 1 aliphatic carbocycles. The molecule has 1 aliphatic heterocycles. The Morgan fingerprint density at radius 1 is 0.787 bits per heavy atom. The van der Waals surface area contributed by atoms with Crippen molar-refractivity contribution in [3.05, 3.63) is 102 Å². The summed E-state index contributed by atoms with van der Waals surface area (Å²) in [6.07, 6.45) is 8.29. The van der Waals surface area contributed by atoms with Crippen LogP contribution in [0.25, 0.3) is 0 Å². The number of hydrogen-bond donors (Lipinski definition) is 1. The number of aliphatic carboxylic acids is 1. The number of ether oxygens (including phenoxy) is 1. The summed E-state index contributed by atoms with van der Waals surface area (Å²) < 4.78 is 8.57. The normalized spacial score (nSPS) is 15.7. The lowest BCUT2D eigenvalue weighted by Gasteiger charge is -2.36. The SMILES string of the molecule is C.CC1(C(=O)O)CC1.CCC(C)c1ccccc1.CCC(C)c1ccccc1.CC[N+]1(C)CCOCC1.CC[n+]1ccccc1.[Cl-].[Cl-]. The maximum absolute atomic E-state index is 10.1. The van der Waals surface area contributed by atoms with Crippen LogP contribution in [-0.2, 0) is 16.1 Å². The highest BCUT2D eigenvalue weighted by Crippen LogP contribution is 2.44. The summed E-state index contributed by atoms with van der Waals surface area (Å²) in [5.74, 6) is 0.773. The molecule has 1 N–H and O–H groups in total. The fourth-order valence-corrected chi connectivity index (χ4v) is 4.18. The van der Waals surface area contributed by atoms with Gasteiger partial charge in [-0.15, -0.1) is 0 Å². The number of carbonyl (C=O) groups is 1. The van der Waals surface area contributed by atoms with Crippen molar-refractivity contribution in [1.82, 2.24) is 0 Å². The van der Waals surface area contributed by atoms with Crippen LogP contribution in [0.2, 0.25) is 0 Å². The van der Waals surface area contributed by atoms with E-state index in [4.69, 9.17) is 9.84 Å². The van der Waals surface area contributed by atoms with Crippen molar-refractivity contribution >= 4 is 5.97 Å². The number of aromatic nitrogens is 1. The number of likely N-dealkylation sites (N-methyl/N-ethyl adjacent to an activating group) is 1. The van der Waals surface area contributed by atoms with Crippen LogP contribution in [-0.4, -0.2) is 55.5 Å². The minimum atomic E-state index is -0.646. The number of aryl methyl sites for hydroxylation is 1. The number of carboxylic acid groups (broad SMARTS) is 1. The number of benzene rings is 2. The molecule has 2 aliphatic rings. The molecular weight excluding hydrogens is 627 g/mol. The van der Waals surface area contributed by atoms with Gasteiger partial charge in [0.1, 0.15) is 19.6 Å². The average Bonchev–Trinajstić information content (AvgIpc) is 3.85. The highest BCUT2D eigenvalue weighted by molar-refractivity contribution is 5.77. The molecule has 1 saturated heterocycles. The summed E-state index contributed by atoms with van der Waals surface area (Å²) >= 11 is 0. The Morgan fingerprint density at radius 3 is 1.40 bits per heavy atom. The smallest absolute Gasteiger partial charge is 0.309 e. The van der Waals surface area contributed by atoms with E-state index in [1.165, 1.54) is 48.1 Å². The van der Waals surface area contributed by atoms with E-state index in [2.05, 4.69) is 126 Å². The van der Waals surface area contributed by atoms with Crippen LogP contribution in [0.1, 0.15) is 105 Å². The zero-order valence-corrected chi connectivity index (χ0v) is 31.3. The van der Waals surface area contributed by atoms with Crippen molar-refractivity contribution in [2.45, 2.75) is 100.0 Å². The lowest BCUT2D eigenvalue weighted by atomic mass is 9.99. The average molecular weight is 694 g/mol. The van der Waals surface area contributed by atoms with Gasteiger partial charge in [-0.25, -0.2) is 4.57 Å². The third-order valence-corrected chi connectivity index (χ3v) is 8.94. The van der Waals surface area contributed by atoms with Crippen molar-refractivity contribution in [3.8, 4) is 0 Å². The zero-order valence-electron chi connectivity index (χ0n) is 29.8. The van der Waals surface area contributed by atoms with Gasteiger partial charge in [0.15, 0.2) is 12.4 Å². The van der Waals surface area contributed by atoms with Gasteiger partial charge in [-0.3, -0.25) is 4.79 Å². The first-order chi connectivity index (χ1) is 21.0. The van der Waals surface area contributed by atoms with Gasteiger partial charge in [0.05, 0.1) is 32.2 Å². The summed E-state index contributed by atoms with van der Waals surface area (Å²) in [5, 5.41) is 8.31. The lowest BCUT2D eigenvalue weighted by molar-refractivity contribution is -0.915. The topological polar surface area (TPSA) is 50.4 Å². The van der Waals surface area contributed by atoms with Crippen LogP contribution in [0.3, 0.4) is 0 Å². The van der Waals surface area contributed by atoms with E-state index in [-0.39, 0.29) is 37.7 Å². The second-order valence-corrected chi connectivity index (χ2v) is 12.5. The van der Waals surface area contributed by atoms with Crippen LogP contribution in [0, 0.1) is 5.41 Å². The van der Waals surface area contributed by atoms with Gasteiger partial charge < -0.3 is 39.1 Å². The molecule has 5 nitrogen and oxygen atoms in total. The fourth-order valence-electron chi connectivity index (χ4n) is 4.18. The summed E-state index contributed by atoms with van der Waals surface area (Å²) in [4.78, 5) is 10.1. The van der Waals surface area contributed by atoms with E-state index in [1.807, 2.05) is 18.2 Å². The van der Waals surface area contributed by atoms with Crippen LogP contribution in [0.4, 0.5) is 0 Å². The van der Waals surface area contributed by atoms with E-state index >= 15 is 0 Å². The highest BCUT2D eigenvalue weighted by atomic mass is 35.5. The molecule has 0 radical (unpaired) electrons. The Hall–Kier alpha value is -2.44. The number of hydrogen-bond acceptors (Lipinski definition) is 2. The summed E-state index contributed by atoms with van der Waals surface area (Å²) in [5.41, 5.74) is 2.56. The minimum Gasteiger partial charge on any atom is -1.00 e. The fraction of sp³-hybridized carbons (Fsp3) is 0.550. The first kappa shape index (κ1) is 49.0. The quantitative estimate of drug-likeness (QED) is 0.305. The Kier molecular flexibility index (Phi) is 28.6. The molecule has 5 rings (SSSR count). The van der Waals surface area contributed by atoms with Crippen LogP contribution < -0.4 is 29.4 Å². The van der Waals surface area contributed by atoms with Crippen LogP contribution >= 0.6 is 0 Å². The van der Waals surface area contributed by atoms with Gasteiger partial charge in [-0.1, -0.05) is 102 Å². The molecular formula is C40H66Cl2N2O3. The number of halogens is 2. The Bertz CT molecular complexity index is 1080. The maximum Gasteiger partial charge on any atom is 0.309 e. The predicted octanol–water partition coefficient (Wildman–Crippen LogP) is 3.39. The summed E-state index contributed by atoms with van der Waals surface area (Å²) in [7, 11) is 2.29. The third kappa shape index (κ3) is 21.2. The molecule has 0 spiro atoms. The Morgan fingerprint density at radius 2 is 1.17 bits per heavy atom. The van der Waals surface area contributed by atoms with E-state index in [9.17, 15) is 4.79 Å². The molecule has 2 heterocycles. The van der Waals surface area contributed by atoms with Gasteiger partial charge in [0.25, 0.3) is 0 Å². The van der Waals surface area contributed by atoms with Gasteiger partial charge in [-0.2, -0.15) is 0 Å². The standard InChI is InChI=1S/2C10H14.C7H16NO.C7H10N.C5H8O2.CH4.2ClH/c2*1-3-9(2)10-7-5-4-6-8-10;1-3-8(2)4-6-9-7-5-8;1-2-8-6-4-3-5-7-8;1-5(2-3-5)4(6)7;;;/h2*4-9H,3H2,1-2H3;3-7H2,1-2H3;3-7H,2H2,1H3;2-3H2,1H3,(H,6,7);1H4;2*1H/q;;2*+1;;;;/p-2. The number of rotatable bonds is 7. The van der Waals surface area contributed by atoms with Crippen molar-refractivity contribution < 1.29 is 48.5 Å². The summed E-state index contributed by atoms with van der Waals surface area (Å²) in [6, 6.07) is 27.4. The molecule has 0 bridgehead atoms. The maximum atomic E-state index is 10.1. The molecule has 2 aromatic carbocycles. The van der Waals surface area contributed by atoms with Gasteiger partial charge in [-0.05, 0) is 69.4 Å². The van der Waals surface area contributed by atoms with Crippen molar-refractivity contribution in [2.24, 2.45) is 5.41 Å². The van der Waals surface area contributed by atoms with Crippen LogP contribution in [0.15, 0.2) is 91.3 Å². The Balaban J connectivity index is -0.000000509. The molecule has 0 amide bonds. The number of morpholine rings is 1. The Labute approximate surface area is 301 Å². The lowest BCUT2D eigenvalue weighted by Crippen LogP contribution is -3.00.